The van der Waals surface area contributed by atoms with Gasteiger partial charge in [-0.2, -0.15) is 0 Å². The zero-order valence-electron chi connectivity index (χ0n) is 8.55. The zero-order valence-corrected chi connectivity index (χ0v) is 10.8. The number of hydrogen-bond acceptors (Lipinski definition) is 2. The van der Waals surface area contributed by atoms with Crippen LogP contribution in [0.5, 0.6) is 0 Å². The van der Waals surface area contributed by atoms with Gasteiger partial charge in [0.25, 0.3) is 11.1 Å². The Hall–Kier alpha value is -0.770. The quantitative estimate of drug-likeness (QED) is 0.781. The van der Waals surface area contributed by atoms with Gasteiger partial charge in [-0.05, 0) is 23.7 Å². The summed E-state index contributed by atoms with van der Waals surface area (Å²) in [5.41, 5.74) is 0.321. The molecule has 0 aliphatic heterocycles. The number of amides is 1. The summed E-state index contributed by atoms with van der Waals surface area (Å²) in [5.74, 6) is -0.252. The summed E-state index contributed by atoms with van der Waals surface area (Å²) in [7, 11) is 3.20. The first-order valence-electron chi connectivity index (χ1n) is 4.25. The molecule has 0 saturated carbocycles. The van der Waals surface area contributed by atoms with Crippen LogP contribution in [0, 0.1) is 0 Å². The zero-order chi connectivity index (χ0) is 12.5. The summed E-state index contributed by atoms with van der Waals surface area (Å²) in [5, 5.41) is -0.616. The van der Waals surface area contributed by atoms with E-state index < -0.39 is 5.24 Å². The van der Waals surface area contributed by atoms with Crippen molar-refractivity contribution in [3.05, 3.63) is 33.3 Å². The predicted molar refractivity (Wildman–Crippen MR) is 64.7 cm³/mol. The van der Waals surface area contributed by atoms with Gasteiger partial charge in [0.05, 0.1) is 15.6 Å². The van der Waals surface area contributed by atoms with E-state index in [4.69, 9.17) is 34.8 Å². The lowest BCUT2D eigenvalue weighted by atomic mass is 10.1. The van der Waals surface area contributed by atoms with Gasteiger partial charge in [-0.1, -0.05) is 23.2 Å². The molecule has 0 aliphatic carbocycles. The molecule has 16 heavy (non-hydrogen) atoms. The number of hydrogen-bond donors (Lipinski definition) is 0. The topological polar surface area (TPSA) is 37.4 Å². The Morgan fingerprint density at radius 2 is 1.56 bits per heavy atom. The van der Waals surface area contributed by atoms with Gasteiger partial charge in [-0.25, -0.2) is 0 Å². The van der Waals surface area contributed by atoms with E-state index in [-0.39, 0.29) is 21.5 Å². The highest BCUT2D eigenvalue weighted by molar-refractivity contribution is 6.70. The minimum Gasteiger partial charge on any atom is -0.345 e. The average molecular weight is 281 g/mol. The maximum Gasteiger partial charge on any atom is 0.255 e. The fraction of sp³-hybridized carbons (Fsp3) is 0.200. The van der Waals surface area contributed by atoms with E-state index in [2.05, 4.69) is 0 Å². The van der Waals surface area contributed by atoms with Crippen molar-refractivity contribution in [3.8, 4) is 0 Å². The number of carbonyl (C=O) groups excluding carboxylic acids is 2. The second-order valence-corrected chi connectivity index (χ2v) is 4.45. The minimum absolute atomic E-state index is 0.0142. The van der Waals surface area contributed by atoms with Gasteiger partial charge in [-0.3, -0.25) is 9.59 Å². The second-order valence-electron chi connectivity index (χ2n) is 3.29. The molecule has 0 bridgehead atoms. The van der Waals surface area contributed by atoms with Crippen LogP contribution in [-0.4, -0.2) is 30.1 Å². The maximum absolute atomic E-state index is 11.6. The van der Waals surface area contributed by atoms with Crippen molar-refractivity contribution in [1.82, 2.24) is 4.90 Å². The summed E-state index contributed by atoms with van der Waals surface area (Å²) in [6, 6.07) is 2.73. The molecule has 0 spiro atoms. The summed E-state index contributed by atoms with van der Waals surface area (Å²) in [6.45, 7) is 0. The van der Waals surface area contributed by atoms with E-state index in [1.54, 1.807) is 14.1 Å². The summed E-state index contributed by atoms with van der Waals surface area (Å²) in [4.78, 5) is 24.0. The molecule has 86 valence electrons. The third-order valence-corrected chi connectivity index (χ3v) is 2.68. The fourth-order valence-electron chi connectivity index (χ4n) is 1.14. The van der Waals surface area contributed by atoms with Crippen molar-refractivity contribution in [2.45, 2.75) is 0 Å². The Morgan fingerprint density at radius 3 is 1.88 bits per heavy atom. The Kier molecular flexibility index (Phi) is 4.19. The van der Waals surface area contributed by atoms with Gasteiger partial charge in [0.15, 0.2) is 0 Å². The number of rotatable bonds is 2. The van der Waals surface area contributed by atoms with Crippen molar-refractivity contribution < 1.29 is 9.59 Å². The molecule has 1 amide bonds. The molecule has 0 radical (unpaired) electrons. The number of nitrogens with zero attached hydrogens (tertiary/aromatic N) is 1. The summed E-state index contributed by atoms with van der Waals surface area (Å²) < 4.78 is 0. The van der Waals surface area contributed by atoms with Gasteiger partial charge in [0, 0.05) is 19.7 Å². The lowest BCUT2D eigenvalue weighted by molar-refractivity contribution is 0.0827. The van der Waals surface area contributed by atoms with Gasteiger partial charge in [0.1, 0.15) is 0 Å². The number of benzene rings is 1. The Bertz CT molecular complexity index is 434. The molecule has 0 saturated heterocycles. The molecule has 1 rings (SSSR count). The Labute approximate surface area is 108 Å². The van der Waals surface area contributed by atoms with Crippen LogP contribution in [0.3, 0.4) is 0 Å². The van der Waals surface area contributed by atoms with Gasteiger partial charge in [-0.15, -0.1) is 0 Å². The highest BCUT2D eigenvalue weighted by atomic mass is 35.5. The predicted octanol–water partition coefficient (Wildman–Crippen LogP) is 3.07. The van der Waals surface area contributed by atoms with Crippen molar-refractivity contribution >= 4 is 46.0 Å². The van der Waals surface area contributed by atoms with Crippen LogP contribution in [-0.2, 0) is 0 Å². The number of halogens is 3. The molecule has 3 nitrogen and oxygen atoms in total. The van der Waals surface area contributed by atoms with Crippen LogP contribution in [0.25, 0.3) is 0 Å². The van der Waals surface area contributed by atoms with Crippen LogP contribution in [0.2, 0.25) is 10.0 Å². The van der Waals surface area contributed by atoms with E-state index in [0.717, 1.165) is 0 Å². The Morgan fingerprint density at radius 1 is 1.12 bits per heavy atom. The first-order chi connectivity index (χ1) is 7.34. The second kappa shape index (κ2) is 5.04. The van der Waals surface area contributed by atoms with Crippen LogP contribution in [0.4, 0.5) is 0 Å². The Balaban J connectivity index is 3.30. The molecule has 1 aromatic rings. The molecule has 0 N–H and O–H groups in total. The molecule has 1 aromatic carbocycles. The molecule has 0 fully saturated rings. The molecule has 0 aliphatic rings. The molecule has 6 heteroatoms. The van der Waals surface area contributed by atoms with Gasteiger partial charge >= 0.3 is 0 Å². The van der Waals surface area contributed by atoms with E-state index >= 15 is 0 Å². The van der Waals surface area contributed by atoms with Crippen molar-refractivity contribution in [1.29, 1.82) is 0 Å². The van der Waals surface area contributed by atoms with Crippen molar-refractivity contribution in [2.24, 2.45) is 0 Å². The van der Waals surface area contributed by atoms with E-state index in [9.17, 15) is 9.59 Å². The third kappa shape index (κ3) is 2.67. The van der Waals surface area contributed by atoms with Crippen LogP contribution in [0.15, 0.2) is 12.1 Å². The average Bonchev–Trinajstić information content (AvgIpc) is 2.14. The summed E-state index contributed by atoms with van der Waals surface area (Å²) >= 11 is 16.9. The largest absolute Gasteiger partial charge is 0.345 e. The van der Waals surface area contributed by atoms with Crippen LogP contribution >= 0.6 is 34.8 Å². The molecule has 0 aromatic heterocycles. The van der Waals surface area contributed by atoms with Gasteiger partial charge < -0.3 is 4.90 Å². The first-order valence-corrected chi connectivity index (χ1v) is 5.38. The lowest BCUT2D eigenvalue weighted by Crippen LogP contribution is -2.21. The normalized spacial score (nSPS) is 10.1. The first kappa shape index (κ1) is 13.3. The lowest BCUT2D eigenvalue weighted by Gasteiger charge is -2.11. The molecular weight excluding hydrogens is 272 g/mol. The van der Waals surface area contributed by atoms with Crippen LogP contribution in [0.1, 0.15) is 20.7 Å². The molecule has 0 atom stereocenters. The maximum atomic E-state index is 11.6. The van der Waals surface area contributed by atoms with Crippen molar-refractivity contribution in [3.63, 3.8) is 0 Å². The van der Waals surface area contributed by atoms with E-state index in [1.165, 1.54) is 17.0 Å². The van der Waals surface area contributed by atoms with Gasteiger partial charge in [0.2, 0.25) is 0 Å². The SMILES string of the molecule is CN(C)C(=O)c1cc(Cl)c(C(=O)Cl)c(Cl)c1. The molecule has 0 unspecified atom stereocenters. The molecular formula is C10H8Cl3NO2. The minimum atomic E-state index is -0.751. The third-order valence-electron chi connectivity index (χ3n) is 1.89. The fourth-order valence-corrected chi connectivity index (χ4v) is 2.10. The van der Waals surface area contributed by atoms with Crippen molar-refractivity contribution in [2.75, 3.05) is 14.1 Å². The van der Waals surface area contributed by atoms with Crippen LogP contribution < -0.4 is 0 Å². The van der Waals surface area contributed by atoms with E-state index in [1.807, 2.05) is 0 Å². The molecule has 0 heterocycles. The monoisotopic (exact) mass is 279 g/mol. The highest BCUT2D eigenvalue weighted by Gasteiger charge is 2.17. The summed E-state index contributed by atoms with van der Waals surface area (Å²) in [6.07, 6.45) is 0. The number of carbonyl (C=O) groups is 2. The highest BCUT2D eigenvalue weighted by Crippen LogP contribution is 2.28. The van der Waals surface area contributed by atoms with E-state index in [0.29, 0.717) is 5.56 Å². The standard InChI is InChI=1S/C10H8Cl3NO2/c1-14(2)10(16)5-3-6(11)8(9(13)15)7(12)4-5/h3-4H,1-2H3. The smallest absolute Gasteiger partial charge is 0.255 e.